The fraction of sp³-hybridized carbons (Fsp3) is 0.625. The van der Waals surface area contributed by atoms with Gasteiger partial charge in [-0.25, -0.2) is 0 Å². The van der Waals surface area contributed by atoms with Gasteiger partial charge in [0.15, 0.2) is 11.5 Å². The van der Waals surface area contributed by atoms with Crippen molar-refractivity contribution in [2.45, 2.75) is 45.2 Å². The van der Waals surface area contributed by atoms with Crippen LogP contribution in [0.4, 0.5) is 0 Å². The van der Waals surface area contributed by atoms with E-state index in [4.69, 9.17) is 21.1 Å². The molecule has 1 aromatic rings. The number of halogens is 1. The van der Waals surface area contributed by atoms with E-state index in [1.807, 2.05) is 6.07 Å². The smallest absolute Gasteiger partial charge is 0.179 e. The molecule has 2 atom stereocenters. The Morgan fingerprint density at radius 1 is 1.20 bits per heavy atom. The number of benzene rings is 1. The topological polar surface area (TPSA) is 30.5 Å². The zero-order valence-corrected chi connectivity index (χ0v) is 12.7. The van der Waals surface area contributed by atoms with Crippen LogP contribution in [0.2, 0.25) is 5.02 Å². The van der Waals surface area contributed by atoms with Crippen molar-refractivity contribution < 1.29 is 9.47 Å². The normalized spacial score (nSPS) is 25.5. The van der Waals surface area contributed by atoms with Gasteiger partial charge < -0.3 is 14.8 Å². The molecule has 1 aliphatic heterocycles. The van der Waals surface area contributed by atoms with Crippen molar-refractivity contribution in [1.29, 1.82) is 0 Å². The SMILES string of the molecule is CC1CCCC1NCc1cc(Cl)c2c(c1)OCCCO2. The summed E-state index contributed by atoms with van der Waals surface area (Å²) in [6.07, 6.45) is 4.85. The molecule has 0 bridgehead atoms. The highest BCUT2D eigenvalue weighted by molar-refractivity contribution is 6.32. The van der Waals surface area contributed by atoms with E-state index in [1.165, 1.54) is 24.8 Å². The molecule has 1 aliphatic carbocycles. The Balaban J connectivity index is 1.70. The average Bonchev–Trinajstić information content (AvgIpc) is 2.70. The van der Waals surface area contributed by atoms with E-state index in [2.05, 4.69) is 18.3 Å². The van der Waals surface area contributed by atoms with Crippen LogP contribution in [0.15, 0.2) is 12.1 Å². The van der Waals surface area contributed by atoms with E-state index in [1.54, 1.807) is 0 Å². The van der Waals surface area contributed by atoms with Crippen molar-refractivity contribution in [3.05, 3.63) is 22.7 Å². The first-order valence-electron chi connectivity index (χ1n) is 7.55. The monoisotopic (exact) mass is 295 g/mol. The van der Waals surface area contributed by atoms with Gasteiger partial charge >= 0.3 is 0 Å². The summed E-state index contributed by atoms with van der Waals surface area (Å²) in [5.74, 6) is 2.25. The Morgan fingerprint density at radius 3 is 2.85 bits per heavy atom. The van der Waals surface area contributed by atoms with Crippen LogP contribution >= 0.6 is 11.6 Å². The zero-order valence-electron chi connectivity index (χ0n) is 12.0. The molecule has 2 unspecified atom stereocenters. The summed E-state index contributed by atoms with van der Waals surface area (Å²) in [5, 5.41) is 4.30. The van der Waals surface area contributed by atoms with Crippen LogP contribution in [0.1, 0.15) is 38.2 Å². The first kappa shape index (κ1) is 14.0. The molecule has 110 valence electrons. The Kier molecular flexibility index (Phi) is 4.37. The van der Waals surface area contributed by atoms with Crippen LogP contribution < -0.4 is 14.8 Å². The van der Waals surface area contributed by atoms with Crippen molar-refractivity contribution >= 4 is 11.6 Å². The maximum Gasteiger partial charge on any atom is 0.179 e. The zero-order chi connectivity index (χ0) is 13.9. The largest absolute Gasteiger partial charge is 0.489 e. The molecule has 1 N–H and O–H groups in total. The Bertz CT molecular complexity index is 478. The van der Waals surface area contributed by atoms with Gasteiger partial charge in [0.05, 0.1) is 18.2 Å². The average molecular weight is 296 g/mol. The summed E-state index contributed by atoms with van der Waals surface area (Å²) >= 11 is 6.31. The summed E-state index contributed by atoms with van der Waals surface area (Å²) < 4.78 is 11.4. The highest BCUT2D eigenvalue weighted by atomic mass is 35.5. The minimum atomic E-state index is 0.629. The number of nitrogens with one attached hydrogen (secondary N) is 1. The molecule has 0 aromatic heterocycles. The van der Waals surface area contributed by atoms with Crippen molar-refractivity contribution in [2.24, 2.45) is 5.92 Å². The molecule has 1 heterocycles. The van der Waals surface area contributed by atoms with Gasteiger partial charge in [-0.05, 0) is 36.5 Å². The minimum absolute atomic E-state index is 0.629. The third kappa shape index (κ3) is 3.04. The highest BCUT2D eigenvalue weighted by Crippen LogP contribution is 2.38. The lowest BCUT2D eigenvalue weighted by Crippen LogP contribution is -2.30. The second kappa shape index (κ2) is 6.23. The molecule has 20 heavy (non-hydrogen) atoms. The molecule has 3 nitrogen and oxygen atoms in total. The third-order valence-corrected chi connectivity index (χ3v) is 4.57. The maximum absolute atomic E-state index is 6.31. The highest BCUT2D eigenvalue weighted by Gasteiger charge is 2.23. The second-order valence-electron chi connectivity index (χ2n) is 5.85. The lowest BCUT2D eigenvalue weighted by atomic mass is 10.1. The lowest BCUT2D eigenvalue weighted by molar-refractivity contribution is 0.297. The van der Waals surface area contributed by atoms with E-state index in [-0.39, 0.29) is 0 Å². The van der Waals surface area contributed by atoms with Gasteiger partial charge in [0.1, 0.15) is 0 Å². The molecular formula is C16H22ClNO2. The van der Waals surface area contributed by atoms with Crippen LogP contribution in [0, 0.1) is 5.92 Å². The van der Waals surface area contributed by atoms with Gasteiger partial charge in [0.2, 0.25) is 0 Å². The molecule has 1 saturated carbocycles. The van der Waals surface area contributed by atoms with Gasteiger partial charge in [-0.3, -0.25) is 0 Å². The van der Waals surface area contributed by atoms with E-state index >= 15 is 0 Å². The molecule has 3 rings (SSSR count). The van der Waals surface area contributed by atoms with E-state index < -0.39 is 0 Å². The summed E-state index contributed by atoms with van der Waals surface area (Å²) in [4.78, 5) is 0. The summed E-state index contributed by atoms with van der Waals surface area (Å²) in [7, 11) is 0. The molecular weight excluding hydrogens is 274 g/mol. The van der Waals surface area contributed by atoms with Gasteiger partial charge in [0, 0.05) is 19.0 Å². The second-order valence-corrected chi connectivity index (χ2v) is 6.26. The maximum atomic E-state index is 6.31. The fourth-order valence-electron chi connectivity index (χ4n) is 3.08. The number of hydrogen-bond acceptors (Lipinski definition) is 3. The summed E-state index contributed by atoms with van der Waals surface area (Å²) in [6, 6.07) is 4.67. The van der Waals surface area contributed by atoms with Crippen molar-refractivity contribution in [1.82, 2.24) is 5.32 Å². The van der Waals surface area contributed by atoms with Crippen LogP contribution in [-0.2, 0) is 6.54 Å². The number of ether oxygens (including phenoxy) is 2. The minimum Gasteiger partial charge on any atom is -0.489 e. The van der Waals surface area contributed by atoms with Crippen LogP contribution in [0.5, 0.6) is 11.5 Å². The van der Waals surface area contributed by atoms with E-state index in [0.29, 0.717) is 30.0 Å². The van der Waals surface area contributed by atoms with Crippen LogP contribution in [0.3, 0.4) is 0 Å². The molecule has 1 aromatic carbocycles. The van der Waals surface area contributed by atoms with Gasteiger partial charge in [0.25, 0.3) is 0 Å². The Labute approximate surface area is 125 Å². The summed E-state index contributed by atoms with van der Waals surface area (Å²) in [5.41, 5.74) is 1.17. The van der Waals surface area contributed by atoms with Crippen molar-refractivity contribution in [3.8, 4) is 11.5 Å². The molecule has 4 heteroatoms. The molecule has 0 saturated heterocycles. The quantitative estimate of drug-likeness (QED) is 0.920. The summed E-state index contributed by atoms with van der Waals surface area (Å²) in [6.45, 7) is 4.53. The van der Waals surface area contributed by atoms with Gasteiger partial charge in [-0.15, -0.1) is 0 Å². The fourth-order valence-corrected chi connectivity index (χ4v) is 3.37. The van der Waals surface area contributed by atoms with Gasteiger partial charge in [-0.2, -0.15) is 0 Å². The predicted octanol–water partition coefficient (Wildman–Crippen LogP) is 3.78. The van der Waals surface area contributed by atoms with Crippen LogP contribution in [-0.4, -0.2) is 19.3 Å². The number of rotatable bonds is 3. The third-order valence-electron chi connectivity index (χ3n) is 4.29. The van der Waals surface area contributed by atoms with Crippen LogP contribution in [0.25, 0.3) is 0 Å². The molecule has 0 spiro atoms. The Hall–Kier alpha value is -0.930. The van der Waals surface area contributed by atoms with Crippen molar-refractivity contribution in [3.63, 3.8) is 0 Å². The predicted molar refractivity (Wildman–Crippen MR) is 80.7 cm³/mol. The first-order valence-corrected chi connectivity index (χ1v) is 7.93. The van der Waals surface area contributed by atoms with E-state index in [9.17, 15) is 0 Å². The van der Waals surface area contributed by atoms with Gasteiger partial charge in [-0.1, -0.05) is 24.9 Å². The Morgan fingerprint density at radius 2 is 2.05 bits per heavy atom. The molecule has 2 aliphatic rings. The number of fused-ring (bicyclic) bond motifs is 1. The van der Waals surface area contributed by atoms with E-state index in [0.717, 1.165) is 24.6 Å². The molecule has 1 fully saturated rings. The molecule has 0 amide bonds. The standard InChI is InChI=1S/C16H22ClNO2/c1-11-4-2-5-14(11)18-10-12-8-13(17)16-15(9-12)19-6-3-7-20-16/h8-9,11,14,18H,2-7,10H2,1H3. The first-order chi connectivity index (χ1) is 9.74. The lowest BCUT2D eigenvalue weighted by Gasteiger charge is -2.18. The van der Waals surface area contributed by atoms with Crippen molar-refractivity contribution in [2.75, 3.05) is 13.2 Å². The number of hydrogen-bond donors (Lipinski definition) is 1. The molecule has 0 radical (unpaired) electrons.